The van der Waals surface area contributed by atoms with Gasteiger partial charge in [-0.25, -0.2) is 4.98 Å². The van der Waals surface area contributed by atoms with Crippen molar-refractivity contribution < 1.29 is 4.79 Å². The van der Waals surface area contributed by atoms with E-state index in [9.17, 15) is 4.79 Å². The minimum Gasteiger partial charge on any atom is -0.347 e. The molecule has 120 valence electrons. The molecule has 2 heterocycles. The highest BCUT2D eigenvalue weighted by molar-refractivity contribution is 7.17. The first-order valence-corrected chi connectivity index (χ1v) is 7.60. The lowest BCUT2D eigenvalue weighted by atomic mass is 10.2. The van der Waals surface area contributed by atoms with Gasteiger partial charge in [-0.1, -0.05) is 30.3 Å². The molecule has 1 aliphatic rings. The molecule has 4 nitrogen and oxygen atoms in total. The topological polar surface area (TPSA) is 54.0 Å². The lowest BCUT2D eigenvalue weighted by molar-refractivity contribution is 0.0943. The first kappa shape index (κ1) is 18.9. The van der Waals surface area contributed by atoms with Gasteiger partial charge in [0.05, 0.1) is 5.69 Å². The Morgan fingerprint density at radius 3 is 2.68 bits per heavy atom. The van der Waals surface area contributed by atoms with Crippen molar-refractivity contribution in [3.63, 3.8) is 0 Å². The number of rotatable bonds is 3. The summed E-state index contributed by atoms with van der Waals surface area (Å²) in [7, 11) is 0. The molecule has 0 saturated carbocycles. The van der Waals surface area contributed by atoms with Crippen LogP contribution in [0.3, 0.4) is 0 Å². The summed E-state index contributed by atoms with van der Waals surface area (Å²) < 4.78 is 0. The molecule has 1 fully saturated rings. The fourth-order valence-corrected chi connectivity index (χ4v) is 3.31. The molecule has 1 saturated heterocycles. The Bertz CT molecular complexity index is 613. The van der Waals surface area contributed by atoms with Crippen molar-refractivity contribution in [2.24, 2.45) is 0 Å². The summed E-state index contributed by atoms with van der Waals surface area (Å²) in [5.41, 5.74) is 1.86. The number of benzene rings is 1. The number of halogens is 2. The van der Waals surface area contributed by atoms with Gasteiger partial charge >= 0.3 is 0 Å². The van der Waals surface area contributed by atoms with Crippen molar-refractivity contribution in [2.75, 3.05) is 13.1 Å². The number of amides is 1. The molecule has 1 aromatic carbocycles. The maximum atomic E-state index is 12.3. The Balaban J connectivity index is 0.00000121. The number of hydrogen-bond donors (Lipinski definition) is 2. The molecule has 22 heavy (non-hydrogen) atoms. The van der Waals surface area contributed by atoms with Crippen LogP contribution < -0.4 is 10.6 Å². The van der Waals surface area contributed by atoms with Crippen molar-refractivity contribution in [3.8, 4) is 10.6 Å². The van der Waals surface area contributed by atoms with Crippen molar-refractivity contribution >= 4 is 42.1 Å². The standard InChI is InChI=1S/C15H17N3OS.2ClH/c1-10-13(14(19)18-12-7-8-16-9-12)20-15(17-10)11-5-3-2-4-6-11;;/h2-6,12,16H,7-9H2,1H3,(H,18,19);2*1H. The zero-order valence-corrected chi connectivity index (χ0v) is 14.6. The first-order valence-electron chi connectivity index (χ1n) is 6.78. The Labute approximate surface area is 146 Å². The largest absolute Gasteiger partial charge is 0.347 e. The summed E-state index contributed by atoms with van der Waals surface area (Å²) in [5.74, 6) is -0.00381. The predicted octanol–water partition coefficient (Wildman–Crippen LogP) is 3.05. The van der Waals surface area contributed by atoms with Gasteiger partial charge in [0.15, 0.2) is 0 Å². The van der Waals surface area contributed by atoms with Crippen LogP contribution in [0.1, 0.15) is 21.8 Å². The summed E-state index contributed by atoms with van der Waals surface area (Å²) in [4.78, 5) is 17.5. The van der Waals surface area contributed by atoms with Crippen LogP contribution in [0.4, 0.5) is 0 Å². The maximum Gasteiger partial charge on any atom is 0.263 e. The van der Waals surface area contributed by atoms with Gasteiger partial charge in [-0.2, -0.15) is 0 Å². The number of carbonyl (C=O) groups excluding carboxylic acids is 1. The van der Waals surface area contributed by atoms with Crippen molar-refractivity contribution in [3.05, 3.63) is 40.9 Å². The van der Waals surface area contributed by atoms with Gasteiger partial charge in [0.1, 0.15) is 9.88 Å². The fourth-order valence-electron chi connectivity index (χ4n) is 2.34. The van der Waals surface area contributed by atoms with E-state index in [1.165, 1.54) is 11.3 Å². The highest BCUT2D eigenvalue weighted by Gasteiger charge is 2.21. The average molecular weight is 360 g/mol. The van der Waals surface area contributed by atoms with Gasteiger partial charge in [0, 0.05) is 18.2 Å². The van der Waals surface area contributed by atoms with Gasteiger partial charge in [-0.15, -0.1) is 36.2 Å². The third-order valence-corrected chi connectivity index (χ3v) is 4.62. The summed E-state index contributed by atoms with van der Waals surface area (Å²) >= 11 is 1.46. The van der Waals surface area contributed by atoms with Gasteiger partial charge in [-0.3, -0.25) is 4.79 Å². The molecule has 2 N–H and O–H groups in total. The molecule has 1 aliphatic heterocycles. The average Bonchev–Trinajstić information content (AvgIpc) is 3.09. The third-order valence-electron chi connectivity index (χ3n) is 3.42. The normalized spacial score (nSPS) is 16.5. The van der Waals surface area contributed by atoms with E-state index < -0.39 is 0 Å². The molecule has 1 unspecified atom stereocenters. The Kier molecular flexibility index (Phi) is 7.29. The zero-order chi connectivity index (χ0) is 13.9. The van der Waals surface area contributed by atoms with E-state index in [0.29, 0.717) is 0 Å². The quantitative estimate of drug-likeness (QED) is 0.885. The van der Waals surface area contributed by atoms with Crippen LogP contribution in [0.2, 0.25) is 0 Å². The van der Waals surface area contributed by atoms with Gasteiger partial charge in [0.25, 0.3) is 5.91 Å². The number of nitrogens with one attached hydrogen (secondary N) is 2. The second-order valence-electron chi connectivity index (χ2n) is 4.96. The monoisotopic (exact) mass is 359 g/mol. The molecule has 0 radical (unpaired) electrons. The molecule has 1 aromatic heterocycles. The van der Waals surface area contributed by atoms with Crippen LogP contribution in [-0.4, -0.2) is 30.0 Å². The second-order valence-corrected chi connectivity index (χ2v) is 5.96. The smallest absolute Gasteiger partial charge is 0.263 e. The molecular weight excluding hydrogens is 341 g/mol. The summed E-state index contributed by atoms with van der Waals surface area (Å²) in [6.07, 6.45) is 0.995. The van der Waals surface area contributed by atoms with E-state index in [-0.39, 0.29) is 36.8 Å². The second kappa shape index (κ2) is 8.48. The Hall–Kier alpha value is -1.14. The fraction of sp³-hybridized carbons (Fsp3) is 0.333. The Morgan fingerprint density at radius 2 is 2.05 bits per heavy atom. The molecule has 0 bridgehead atoms. The van der Waals surface area contributed by atoms with Crippen molar-refractivity contribution in [2.45, 2.75) is 19.4 Å². The zero-order valence-electron chi connectivity index (χ0n) is 12.2. The SMILES string of the molecule is Cc1nc(-c2ccccc2)sc1C(=O)NC1CCNC1.Cl.Cl. The van der Waals surface area contributed by atoms with Crippen LogP contribution >= 0.6 is 36.2 Å². The third kappa shape index (κ3) is 4.20. The summed E-state index contributed by atoms with van der Waals surface area (Å²) in [6, 6.07) is 10.2. The molecule has 1 atom stereocenters. The lowest BCUT2D eigenvalue weighted by Gasteiger charge is -2.09. The van der Waals surface area contributed by atoms with E-state index in [2.05, 4.69) is 15.6 Å². The molecule has 3 rings (SSSR count). The minimum atomic E-state index is -0.00381. The van der Waals surface area contributed by atoms with E-state index in [4.69, 9.17) is 0 Å². The van der Waals surface area contributed by atoms with E-state index in [0.717, 1.165) is 40.7 Å². The summed E-state index contributed by atoms with van der Waals surface area (Å²) in [5, 5.41) is 7.22. The molecule has 1 amide bonds. The van der Waals surface area contributed by atoms with Crippen LogP contribution in [-0.2, 0) is 0 Å². The molecule has 0 spiro atoms. The van der Waals surface area contributed by atoms with E-state index >= 15 is 0 Å². The van der Waals surface area contributed by atoms with E-state index in [1.54, 1.807) is 0 Å². The number of nitrogens with zero attached hydrogens (tertiary/aromatic N) is 1. The number of hydrogen-bond acceptors (Lipinski definition) is 4. The van der Waals surface area contributed by atoms with Crippen molar-refractivity contribution in [1.82, 2.24) is 15.6 Å². The first-order chi connectivity index (χ1) is 9.74. The van der Waals surface area contributed by atoms with Gasteiger partial charge in [0.2, 0.25) is 0 Å². The number of thiazole rings is 1. The van der Waals surface area contributed by atoms with Gasteiger partial charge in [-0.05, 0) is 19.9 Å². The van der Waals surface area contributed by atoms with Crippen LogP contribution in [0.15, 0.2) is 30.3 Å². The van der Waals surface area contributed by atoms with E-state index in [1.807, 2.05) is 37.3 Å². The lowest BCUT2D eigenvalue weighted by Crippen LogP contribution is -2.36. The highest BCUT2D eigenvalue weighted by Crippen LogP contribution is 2.27. The van der Waals surface area contributed by atoms with Crippen molar-refractivity contribution in [1.29, 1.82) is 0 Å². The van der Waals surface area contributed by atoms with Crippen LogP contribution in [0.25, 0.3) is 10.6 Å². The highest BCUT2D eigenvalue weighted by atomic mass is 35.5. The molecule has 2 aromatic rings. The van der Waals surface area contributed by atoms with Crippen LogP contribution in [0, 0.1) is 6.92 Å². The molecule has 7 heteroatoms. The molecular formula is C15H19Cl2N3OS. The molecule has 0 aliphatic carbocycles. The van der Waals surface area contributed by atoms with Crippen LogP contribution in [0.5, 0.6) is 0 Å². The number of aryl methyl sites for hydroxylation is 1. The Morgan fingerprint density at radius 1 is 1.32 bits per heavy atom. The number of carbonyl (C=O) groups is 1. The minimum absolute atomic E-state index is 0. The number of aromatic nitrogens is 1. The summed E-state index contributed by atoms with van der Waals surface area (Å²) in [6.45, 7) is 3.72. The maximum absolute atomic E-state index is 12.3. The predicted molar refractivity (Wildman–Crippen MR) is 95.5 cm³/mol. The van der Waals surface area contributed by atoms with Gasteiger partial charge < -0.3 is 10.6 Å².